The van der Waals surface area contributed by atoms with Gasteiger partial charge in [-0.1, -0.05) is 17.7 Å². The molecule has 1 fully saturated rings. The van der Waals surface area contributed by atoms with Gasteiger partial charge in [0.25, 0.3) is 0 Å². The van der Waals surface area contributed by atoms with Gasteiger partial charge in [-0.15, -0.1) is 0 Å². The summed E-state index contributed by atoms with van der Waals surface area (Å²) in [6.07, 6.45) is 2.35. The van der Waals surface area contributed by atoms with Crippen molar-refractivity contribution < 1.29 is 4.74 Å². The van der Waals surface area contributed by atoms with Crippen LogP contribution < -0.4 is 16.8 Å². The fourth-order valence-electron chi connectivity index (χ4n) is 3.50. The molecule has 0 spiro atoms. The lowest BCUT2D eigenvalue weighted by molar-refractivity contribution is 0.0376. The number of morpholine rings is 1. The van der Waals surface area contributed by atoms with Crippen molar-refractivity contribution in [1.29, 1.82) is 5.26 Å². The molecule has 9 nitrogen and oxygen atoms in total. The minimum absolute atomic E-state index is 0.367. The Kier molecular flexibility index (Phi) is 8.27. The van der Waals surface area contributed by atoms with E-state index in [0.717, 1.165) is 63.5 Å². The molecule has 9 heteroatoms. The van der Waals surface area contributed by atoms with Crippen molar-refractivity contribution in [3.8, 4) is 11.8 Å². The summed E-state index contributed by atoms with van der Waals surface area (Å²) in [6.45, 7) is 8.04. The predicted octanol–water partition coefficient (Wildman–Crippen LogP) is 1.19. The van der Waals surface area contributed by atoms with E-state index < -0.39 is 0 Å². The van der Waals surface area contributed by atoms with E-state index in [9.17, 15) is 5.26 Å². The van der Waals surface area contributed by atoms with E-state index in [1.54, 1.807) is 4.68 Å². The van der Waals surface area contributed by atoms with Gasteiger partial charge in [-0.25, -0.2) is 4.68 Å². The van der Waals surface area contributed by atoms with Crippen LogP contribution in [0.25, 0.3) is 5.69 Å². The van der Waals surface area contributed by atoms with Gasteiger partial charge in [0.05, 0.1) is 24.6 Å². The standard InChI is InChI=1S/C22H32N8O/c1-17-5-7-18(8-6-17)30-21(24)19(16-23)20(28-30)4-2-9-26-22(25)27-10-3-11-29-12-14-31-15-13-29/h5-8H,2-4,9-15,24H2,1H3,(H3,25,26,27). The molecule has 0 unspecified atom stereocenters. The van der Waals surface area contributed by atoms with Crippen molar-refractivity contribution in [2.75, 3.05) is 51.7 Å². The summed E-state index contributed by atoms with van der Waals surface area (Å²) in [7, 11) is 0. The van der Waals surface area contributed by atoms with Crippen LogP contribution in [0.4, 0.5) is 5.82 Å². The average molecular weight is 425 g/mol. The topological polar surface area (TPSA) is 131 Å². The Bertz CT molecular complexity index is 907. The molecule has 0 saturated carbocycles. The second-order valence-corrected chi connectivity index (χ2v) is 7.67. The van der Waals surface area contributed by atoms with Crippen LogP contribution in [0, 0.1) is 18.3 Å². The number of nitrogens with two attached hydrogens (primary N) is 2. The molecule has 1 aromatic heterocycles. The molecule has 1 aliphatic heterocycles. The molecule has 166 valence electrons. The Balaban J connectivity index is 1.44. The van der Waals surface area contributed by atoms with Crippen LogP contribution in [0.5, 0.6) is 0 Å². The number of rotatable bonds is 9. The molecule has 5 N–H and O–H groups in total. The molecule has 2 aromatic rings. The number of hydrogen-bond acceptors (Lipinski definition) is 6. The van der Waals surface area contributed by atoms with Crippen LogP contribution in [0.15, 0.2) is 29.3 Å². The molecule has 1 saturated heterocycles. The highest BCUT2D eigenvalue weighted by atomic mass is 16.5. The van der Waals surface area contributed by atoms with Crippen molar-refractivity contribution in [3.05, 3.63) is 41.1 Å². The van der Waals surface area contributed by atoms with Crippen molar-refractivity contribution in [1.82, 2.24) is 20.0 Å². The first-order valence-corrected chi connectivity index (χ1v) is 10.8. The monoisotopic (exact) mass is 424 g/mol. The number of nitrogen functional groups attached to an aromatic ring is 1. The zero-order valence-corrected chi connectivity index (χ0v) is 18.2. The van der Waals surface area contributed by atoms with E-state index in [2.05, 4.69) is 26.4 Å². The number of nitrogens with one attached hydrogen (secondary N) is 1. The number of aliphatic imine (C=N–C) groups is 1. The van der Waals surface area contributed by atoms with Gasteiger partial charge in [0.2, 0.25) is 0 Å². The average Bonchev–Trinajstić information content (AvgIpc) is 3.10. The Morgan fingerprint density at radius 1 is 1.26 bits per heavy atom. The van der Waals surface area contributed by atoms with Crippen molar-refractivity contribution >= 4 is 11.8 Å². The molecule has 2 heterocycles. The number of anilines is 1. The predicted molar refractivity (Wildman–Crippen MR) is 122 cm³/mol. The fourth-order valence-corrected chi connectivity index (χ4v) is 3.50. The number of nitrogens with zero attached hydrogens (tertiary/aromatic N) is 5. The van der Waals surface area contributed by atoms with Crippen LogP contribution in [0.2, 0.25) is 0 Å². The van der Waals surface area contributed by atoms with Crippen LogP contribution in [0.3, 0.4) is 0 Å². The smallest absolute Gasteiger partial charge is 0.188 e. The van der Waals surface area contributed by atoms with E-state index in [1.165, 1.54) is 0 Å². The lowest BCUT2D eigenvalue weighted by Gasteiger charge is -2.26. The zero-order valence-electron chi connectivity index (χ0n) is 18.2. The molecular weight excluding hydrogens is 392 g/mol. The Labute approximate surface area is 183 Å². The Morgan fingerprint density at radius 2 is 2.00 bits per heavy atom. The number of hydrogen-bond donors (Lipinski definition) is 3. The molecule has 3 rings (SSSR count). The second-order valence-electron chi connectivity index (χ2n) is 7.67. The molecule has 31 heavy (non-hydrogen) atoms. The summed E-state index contributed by atoms with van der Waals surface area (Å²) >= 11 is 0. The van der Waals surface area contributed by atoms with Crippen molar-refractivity contribution in [2.24, 2.45) is 10.7 Å². The quantitative estimate of drug-likeness (QED) is 0.313. The minimum Gasteiger partial charge on any atom is -0.382 e. The second kappa shape index (κ2) is 11.3. The highest BCUT2D eigenvalue weighted by molar-refractivity contribution is 5.77. The van der Waals surface area contributed by atoms with Crippen LogP contribution in [-0.2, 0) is 11.2 Å². The molecule has 0 radical (unpaired) electrons. The zero-order chi connectivity index (χ0) is 22.1. The SMILES string of the molecule is Cc1ccc(-n2nc(CCCN=C(N)NCCCN3CCOCC3)c(C#N)c2N)cc1. The first kappa shape index (κ1) is 22.6. The third-order valence-corrected chi connectivity index (χ3v) is 5.30. The Morgan fingerprint density at radius 3 is 2.71 bits per heavy atom. The molecule has 0 atom stereocenters. The van der Waals surface area contributed by atoms with E-state index in [1.807, 2.05) is 31.2 Å². The summed E-state index contributed by atoms with van der Waals surface area (Å²) in [5.74, 6) is 0.818. The lowest BCUT2D eigenvalue weighted by atomic mass is 10.1. The highest BCUT2D eigenvalue weighted by Gasteiger charge is 2.16. The summed E-state index contributed by atoms with van der Waals surface area (Å²) in [5, 5.41) is 17.2. The normalized spacial score (nSPS) is 15.0. The maximum Gasteiger partial charge on any atom is 0.188 e. The summed E-state index contributed by atoms with van der Waals surface area (Å²) < 4.78 is 6.98. The van der Waals surface area contributed by atoms with Crippen LogP contribution >= 0.6 is 0 Å². The molecule has 0 aliphatic carbocycles. The number of benzene rings is 1. The summed E-state index contributed by atoms with van der Waals surface area (Å²) in [4.78, 5) is 6.77. The largest absolute Gasteiger partial charge is 0.382 e. The first-order valence-electron chi connectivity index (χ1n) is 10.8. The third-order valence-electron chi connectivity index (χ3n) is 5.30. The van der Waals surface area contributed by atoms with Gasteiger partial charge >= 0.3 is 0 Å². The molecular formula is C22H32N8O. The van der Waals surface area contributed by atoms with Gasteiger partial charge in [0.1, 0.15) is 17.5 Å². The molecule has 1 aromatic carbocycles. The first-order chi connectivity index (χ1) is 15.1. The van der Waals surface area contributed by atoms with E-state index in [0.29, 0.717) is 36.0 Å². The number of aryl methyl sites for hydroxylation is 2. The number of ether oxygens (including phenoxy) is 1. The van der Waals surface area contributed by atoms with Crippen LogP contribution in [0.1, 0.15) is 29.7 Å². The highest BCUT2D eigenvalue weighted by Crippen LogP contribution is 2.21. The minimum atomic E-state index is 0.367. The van der Waals surface area contributed by atoms with Gasteiger partial charge in [0, 0.05) is 26.2 Å². The van der Waals surface area contributed by atoms with Crippen molar-refractivity contribution in [3.63, 3.8) is 0 Å². The van der Waals surface area contributed by atoms with Crippen LogP contribution in [-0.4, -0.2) is 66.6 Å². The number of guanidine groups is 1. The van der Waals surface area contributed by atoms with E-state index in [4.69, 9.17) is 16.2 Å². The summed E-state index contributed by atoms with van der Waals surface area (Å²) in [6, 6.07) is 10.1. The molecule has 0 bridgehead atoms. The third kappa shape index (κ3) is 6.44. The van der Waals surface area contributed by atoms with Gasteiger partial charge < -0.3 is 21.5 Å². The van der Waals surface area contributed by atoms with Gasteiger partial charge in [-0.05, 0) is 44.9 Å². The lowest BCUT2D eigenvalue weighted by Crippen LogP contribution is -2.39. The number of aromatic nitrogens is 2. The van der Waals surface area contributed by atoms with E-state index in [-0.39, 0.29) is 0 Å². The van der Waals surface area contributed by atoms with Gasteiger partial charge in [-0.2, -0.15) is 10.4 Å². The van der Waals surface area contributed by atoms with Gasteiger partial charge in [0.15, 0.2) is 5.96 Å². The molecule has 0 amide bonds. The van der Waals surface area contributed by atoms with Gasteiger partial charge in [-0.3, -0.25) is 9.89 Å². The van der Waals surface area contributed by atoms with E-state index >= 15 is 0 Å². The number of nitriles is 1. The maximum atomic E-state index is 9.51. The Hall–Kier alpha value is -3.09. The van der Waals surface area contributed by atoms with Crippen molar-refractivity contribution in [2.45, 2.75) is 26.2 Å². The summed E-state index contributed by atoms with van der Waals surface area (Å²) in [5.41, 5.74) is 15.2. The maximum absolute atomic E-state index is 9.51. The fraction of sp³-hybridized carbons (Fsp3) is 0.500. The molecule has 1 aliphatic rings.